The predicted molar refractivity (Wildman–Crippen MR) is 173 cm³/mol. The standard InChI is InChI=1S/C33H36Cl2FN5O2S/c1-18(2)27-29(31(43)40-19(3)4-11-25(40)30(42)39-15-14-37-33(17-39)12-13-33)44-32-38-26(20-5-8-22(34)9-6-20)28(41(27)32)21-7-10-23(35)24(36)16-21/h5-10,16,18-19,25-26,28,37H,4,11-15,17H2,1-3H3/t19-,25+,26?,28?/m1/s1. The summed E-state index contributed by atoms with van der Waals surface area (Å²) in [5.74, 6) is -0.605. The van der Waals surface area contributed by atoms with Gasteiger partial charge in [-0.2, -0.15) is 0 Å². The van der Waals surface area contributed by atoms with Crippen LogP contribution < -0.4 is 5.32 Å². The highest BCUT2D eigenvalue weighted by atomic mass is 35.5. The van der Waals surface area contributed by atoms with Crippen molar-refractivity contribution >= 4 is 51.9 Å². The van der Waals surface area contributed by atoms with Gasteiger partial charge in [0.2, 0.25) is 5.91 Å². The number of likely N-dealkylation sites (tertiary alicyclic amines) is 1. The van der Waals surface area contributed by atoms with Crippen LogP contribution in [-0.4, -0.2) is 68.9 Å². The van der Waals surface area contributed by atoms with Crippen LogP contribution in [0.4, 0.5) is 4.39 Å². The number of nitrogens with one attached hydrogen (secondary N) is 1. The van der Waals surface area contributed by atoms with Crippen molar-refractivity contribution in [3.05, 3.63) is 80.1 Å². The van der Waals surface area contributed by atoms with Crippen LogP contribution in [0.5, 0.6) is 0 Å². The van der Waals surface area contributed by atoms with Gasteiger partial charge >= 0.3 is 0 Å². The molecule has 0 bridgehead atoms. The van der Waals surface area contributed by atoms with E-state index in [9.17, 15) is 14.0 Å². The molecule has 2 saturated heterocycles. The fraction of sp³-hybridized carbons (Fsp3) is 0.485. The Balaban J connectivity index is 1.25. The second-order valence-corrected chi connectivity index (χ2v) is 14.8. The molecule has 4 heterocycles. The van der Waals surface area contributed by atoms with E-state index in [0.29, 0.717) is 40.2 Å². The summed E-state index contributed by atoms with van der Waals surface area (Å²) in [6.07, 6.45) is 3.63. The molecule has 4 atom stereocenters. The lowest BCUT2D eigenvalue weighted by molar-refractivity contribution is -0.144. The number of amides is 2. The van der Waals surface area contributed by atoms with E-state index in [1.807, 2.05) is 47.1 Å². The SMILES string of the molecule is CC(C)C1=C(C(=O)N2[C@H](C)CC[C@H]2C(=O)N2CCNC3(CC3)C2)SC2=NC(c3ccc(Cl)cc3)C(c3ccc(Cl)c(F)c3)N21. The van der Waals surface area contributed by atoms with E-state index in [0.717, 1.165) is 37.1 Å². The molecule has 7 nitrogen and oxygen atoms in total. The molecule has 1 N–H and O–H groups in total. The van der Waals surface area contributed by atoms with Gasteiger partial charge in [-0.3, -0.25) is 14.6 Å². The molecule has 2 aromatic rings. The molecule has 232 valence electrons. The third kappa shape index (κ3) is 5.13. The minimum absolute atomic E-state index is 0.0345. The second-order valence-electron chi connectivity index (χ2n) is 13.0. The van der Waals surface area contributed by atoms with Gasteiger partial charge in [-0.1, -0.05) is 55.2 Å². The zero-order chi connectivity index (χ0) is 30.9. The summed E-state index contributed by atoms with van der Waals surface area (Å²) in [5, 5.41) is 4.95. The Kier molecular flexibility index (Phi) is 7.75. The molecule has 44 heavy (non-hydrogen) atoms. The summed E-state index contributed by atoms with van der Waals surface area (Å²) in [6.45, 7) is 8.33. The molecule has 11 heteroatoms. The van der Waals surface area contributed by atoms with Gasteiger partial charge in [-0.15, -0.1) is 0 Å². The van der Waals surface area contributed by atoms with Crippen LogP contribution in [0.25, 0.3) is 0 Å². The fourth-order valence-corrected chi connectivity index (χ4v) is 8.79. The normalized spacial score (nSPS) is 27.4. The quantitative estimate of drug-likeness (QED) is 0.396. The second kappa shape index (κ2) is 11.3. The topological polar surface area (TPSA) is 68.2 Å². The average molecular weight is 657 g/mol. The number of allylic oxidation sites excluding steroid dienone is 1. The molecule has 4 aliphatic heterocycles. The number of carbonyl (C=O) groups excluding carboxylic acids is 2. The number of rotatable bonds is 5. The van der Waals surface area contributed by atoms with E-state index in [-0.39, 0.29) is 40.4 Å². The first-order valence-corrected chi connectivity index (χ1v) is 17.0. The third-order valence-corrected chi connectivity index (χ3v) is 11.3. The lowest BCUT2D eigenvalue weighted by Crippen LogP contribution is -2.58. The molecule has 0 aromatic heterocycles. The van der Waals surface area contributed by atoms with E-state index in [1.165, 1.54) is 17.8 Å². The first-order chi connectivity index (χ1) is 21.1. The van der Waals surface area contributed by atoms with Crippen molar-refractivity contribution in [2.24, 2.45) is 10.9 Å². The van der Waals surface area contributed by atoms with Crippen molar-refractivity contribution < 1.29 is 14.0 Å². The molecular formula is C33H36Cl2FN5O2S. The summed E-state index contributed by atoms with van der Waals surface area (Å²) < 4.78 is 14.9. The van der Waals surface area contributed by atoms with E-state index >= 15 is 0 Å². The monoisotopic (exact) mass is 655 g/mol. The van der Waals surface area contributed by atoms with Crippen LogP contribution in [-0.2, 0) is 9.59 Å². The maximum Gasteiger partial charge on any atom is 0.263 e. The fourth-order valence-electron chi connectivity index (χ4n) is 7.26. The minimum Gasteiger partial charge on any atom is -0.338 e. The van der Waals surface area contributed by atoms with Crippen molar-refractivity contribution in [3.8, 4) is 0 Å². The molecule has 3 fully saturated rings. The lowest BCUT2D eigenvalue weighted by atomic mass is 9.92. The van der Waals surface area contributed by atoms with Crippen molar-refractivity contribution in [1.82, 2.24) is 20.0 Å². The van der Waals surface area contributed by atoms with Gasteiger partial charge in [0.25, 0.3) is 5.91 Å². The smallest absolute Gasteiger partial charge is 0.263 e. The molecule has 7 rings (SSSR count). The Hall–Kier alpha value is -2.59. The van der Waals surface area contributed by atoms with Crippen LogP contribution in [0, 0.1) is 11.7 Å². The third-order valence-electron chi connectivity index (χ3n) is 9.68. The molecule has 5 aliphatic rings. The predicted octanol–water partition coefficient (Wildman–Crippen LogP) is 6.54. The number of aliphatic imine (C=N–C) groups is 1. The van der Waals surface area contributed by atoms with Crippen LogP contribution in [0.3, 0.4) is 0 Å². The molecule has 1 spiro atoms. The highest BCUT2D eigenvalue weighted by Gasteiger charge is 2.52. The lowest BCUT2D eigenvalue weighted by Gasteiger charge is -2.38. The minimum atomic E-state index is -0.501. The number of nitrogens with zero attached hydrogens (tertiary/aromatic N) is 4. The molecule has 1 saturated carbocycles. The van der Waals surface area contributed by atoms with Crippen LogP contribution in [0.1, 0.15) is 69.7 Å². The van der Waals surface area contributed by atoms with Gasteiger partial charge in [-0.05, 0) is 85.7 Å². The summed E-state index contributed by atoms with van der Waals surface area (Å²) in [5.41, 5.74) is 2.58. The van der Waals surface area contributed by atoms with Gasteiger partial charge < -0.3 is 20.0 Å². The summed E-state index contributed by atoms with van der Waals surface area (Å²) in [7, 11) is 0. The summed E-state index contributed by atoms with van der Waals surface area (Å²) >= 11 is 13.7. The van der Waals surface area contributed by atoms with E-state index < -0.39 is 17.9 Å². The number of piperazine rings is 1. The average Bonchev–Trinajstić information content (AvgIpc) is 3.30. The molecule has 2 aromatic carbocycles. The zero-order valence-corrected chi connectivity index (χ0v) is 27.4. The number of fused-ring (bicyclic) bond motifs is 1. The van der Waals surface area contributed by atoms with Crippen LogP contribution >= 0.6 is 35.0 Å². The van der Waals surface area contributed by atoms with E-state index in [2.05, 4.69) is 24.1 Å². The van der Waals surface area contributed by atoms with E-state index in [4.69, 9.17) is 28.2 Å². The molecule has 2 unspecified atom stereocenters. The Morgan fingerprint density at radius 3 is 2.50 bits per heavy atom. The number of hydrogen-bond acceptors (Lipinski definition) is 6. The van der Waals surface area contributed by atoms with Gasteiger partial charge in [0.15, 0.2) is 5.17 Å². The maximum absolute atomic E-state index is 14.9. The van der Waals surface area contributed by atoms with Gasteiger partial charge in [0.05, 0.1) is 11.1 Å². The van der Waals surface area contributed by atoms with Crippen molar-refractivity contribution in [2.45, 2.75) is 76.2 Å². The zero-order valence-electron chi connectivity index (χ0n) is 25.0. The Morgan fingerprint density at radius 2 is 1.82 bits per heavy atom. The molecule has 0 radical (unpaired) electrons. The highest BCUT2D eigenvalue weighted by Crippen LogP contribution is 2.54. The summed E-state index contributed by atoms with van der Waals surface area (Å²) in [6, 6.07) is 11.1. The number of halogens is 3. The van der Waals surface area contributed by atoms with Crippen molar-refractivity contribution in [2.75, 3.05) is 19.6 Å². The largest absolute Gasteiger partial charge is 0.338 e. The Bertz CT molecular complexity index is 1580. The van der Waals surface area contributed by atoms with Gasteiger partial charge in [0.1, 0.15) is 22.8 Å². The van der Waals surface area contributed by atoms with Crippen molar-refractivity contribution in [1.29, 1.82) is 0 Å². The highest BCUT2D eigenvalue weighted by molar-refractivity contribution is 8.18. The first kappa shape index (κ1) is 30.1. The number of carbonyl (C=O) groups is 2. The number of hydrogen-bond donors (Lipinski definition) is 1. The summed E-state index contributed by atoms with van der Waals surface area (Å²) in [4.78, 5) is 40.1. The van der Waals surface area contributed by atoms with Crippen molar-refractivity contribution in [3.63, 3.8) is 0 Å². The maximum atomic E-state index is 14.9. The Labute approximate surface area is 271 Å². The van der Waals surface area contributed by atoms with Gasteiger partial charge in [-0.25, -0.2) is 4.39 Å². The van der Waals surface area contributed by atoms with Gasteiger partial charge in [0, 0.05) is 41.9 Å². The van der Waals surface area contributed by atoms with E-state index in [1.54, 1.807) is 6.07 Å². The number of benzene rings is 2. The molecule has 2 amide bonds. The first-order valence-electron chi connectivity index (χ1n) is 15.4. The molecular weight excluding hydrogens is 620 g/mol. The molecule has 1 aliphatic carbocycles. The van der Waals surface area contributed by atoms with Crippen LogP contribution in [0.15, 0.2) is 58.1 Å². The Morgan fingerprint density at radius 1 is 1.09 bits per heavy atom. The number of amidine groups is 1. The number of thioether (sulfide) groups is 1. The van der Waals surface area contributed by atoms with Crippen LogP contribution in [0.2, 0.25) is 10.0 Å².